The number of carbonyl (C=O) groups excluding carboxylic acids is 2. The Labute approximate surface area is 197 Å². The van der Waals surface area contributed by atoms with Gasteiger partial charge in [-0.1, -0.05) is 54.9 Å². The van der Waals surface area contributed by atoms with Crippen LogP contribution >= 0.6 is 11.6 Å². The molecule has 0 saturated carbocycles. The quantitative estimate of drug-likeness (QED) is 0.445. The Morgan fingerprint density at radius 1 is 0.939 bits per heavy atom. The van der Waals surface area contributed by atoms with Gasteiger partial charge in [0.15, 0.2) is 0 Å². The van der Waals surface area contributed by atoms with Crippen LogP contribution in [0.3, 0.4) is 0 Å². The van der Waals surface area contributed by atoms with E-state index in [4.69, 9.17) is 21.1 Å². The topological polar surface area (TPSA) is 67.9 Å². The second-order valence-electron chi connectivity index (χ2n) is 7.35. The molecule has 7 heteroatoms. The number of halogens is 1. The lowest BCUT2D eigenvalue weighted by Gasteiger charge is -2.17. The van der Waals surface area contributed by atoms with E-state index in [1.54, 1.807) is 54.6 Å². The van der Waals surface area contributed by atoms with Crippen LogP contribution in [-0.4, -0.2) is 25.5 Å². The minimum Gasteiger partial charge on any atom is -0.496 e. The number of anilines is 2. The molecule has 0 radical (unpaired) electrons. The minimum atomic E-state index is -0.506. The minimum absolute atomic E-state index is 0.136. The summed E-state index contributed by atoms with van der Waals surface area (Å²) in [4.78, 5) is 28.3. The van der Waals surface area contributed by atoms with E-state index in [1.807, 2.05) is 25.1 Å². The number of nitrogens with zero attached hydrogens (tertiary/aromatic N) is 1. The highest BCUT2D eigenvalue weighted by Crippen LogP contribution is 2.39. The summed E-state index contributed by atoms with van der Waals surface area (Å²) in [6, 6.07) is 21.1. The van der Waals surface area contributed by atoms with Crippen molar-refractivity contribution in [1.82, 2.24) is 0 Å². The summed E-state index contributed by atoms with van der Waals surface area (Å²) in [6.45, 7) is 2.61. The number of nitrogens with one attached hydrogen (secondary N) is 1. The first-order chi connectivity index (χ1) is 16.0. The maximum Gasteiger partial charge on any atom is 0.282 e. The Hall–Kier alpha value is -3.77. The maximum absolute atomic E-state index is 13.6. The molecule has 0 fully saturated rings. The van der Waals surface area contributed by atoms with Crippen LogP contribution in [0.1, 0.15) is 18.9 Å². The van der Waals surface area contributed by atoms with Gasteiger partial charge in [-0.25, -0.2) is 4.90 Å². The summed E-state index contributed by atoms with van der Waals surface area (Å²) in [5, 5.41) is 3.45. The Morgan fingerprint density at radius 2 is 1.70 bits per heavy atom. The molecule has 1 aliphatic heterocycles. The van der Waals surface area contributed by atoms with Crippen molar-refractivity contribution in [3.8, 4) is 11.5 Å². The molecule has 0 saturated heterocycles. The monoisotopic (exact) mass is 462 g/mol. The van der Waals surface area contributed by atoms with Crippen LogP contribution in [0.5, 0.6) is 11.5 Å². The largest absolute Gasteiger partial charge is 0.496 e. The standard InChI is InChI=1S/C26H23ClN2O4/c1-3-15-33-18-10-8-9-17(16-18)28-24-23(19-11-4-7-14-22(19)32-2)25(30)29(26(24)31)21-13-6-5-12-20(21)27/h4-14,16,28H,3,15H2,1-2H3. The van der Waals surface area contributed by atoms with Crippen LogP contribution in [-0.2, 0) is 9.59 Å². The summed E-state index contributed by atoms with van der Waals surface area (Å²) < 4.78 is 11.2. The maximum atomic E-state index is 13.6. The molecular weight excluding hydrogens is 440 g/mol. The molecule has 0 atom stereocenters. The van der Waals surface area contributed by atoms with Crippen molar-refractivity contribution >= 4 is 40.4 Å². The highest BCUT2D eigenvalue weighted by Gasteiger charge is 2.42. The summed E-state index contributed by atoms with van der Waals surface area (Å²) >= 11 is 6.34. The van der Waals surface area contributed by atoms with E-state index in [9.17, 15) is 9.59 Å². The normalized spacial score (nSPS) is 13.5. The third-order valence-electron chi connectivity index (χ3n) is 5.13. The summed E-state index contributed by atoms with van der Waals surface area (Å²) in [6.07, 6.45) is 0.876. The lowest BCUT2D eigenvalue weighted by molar-refractivity contribution is -0.120. The van der Waals surface area contributed by atoms with Gasteiger partial charge in [-0.2, -0.15) is 0 Å². The van der Waals surface area contributed by atoms with Gasteiger partial charge in [-0.05, 0) is 36.8 Å². The third-order valence-corrected chi connectivity index (χ3v) is 5.45. The second-order valence-corrected chi connectivity index (χ2v) is 7.76. The molecule has 0 aromatic heterocycles. The van der Waals surface area contributed by atoms with Crippen LogP contribution in [0, 0.1) is 0 Å². The van der Waals surface area contributed by atoms with Gasteiger partial charge >= 0.3 is 0 Å². The summed E-state index contributed by atoms with van der Waals surface area (Å²) in [5.41, 5.74) is 1.79. The highest BCUT2D eigenvalue weighted by molar-refractivity contribution is 6.48. The molecule has 33 heavy (non-hydrogen) atoms. The predicted molar refractivity (Wildman–Crippen MR) is 130 cm³/mol. The molecule has 6 nitrogen and oxygen atoms in total. The van der Waals surface area contributed by atoms with Gasteiger partial charge in [0.1, 0.15) is 17.2 Å². The molecule has 0 unspecified atom stereocenters. The van der Waals surface area contributed by atoms with E-state index in [0.717, 1.165) is 11.3 Å². The predicted octanol–water partition coefficient (Wildman–Crippen LogP) is 5.53. The van der Waals surface area contributed by atoms with E-state index < -0.39 is 11.8 Å². The van der Waals surface area contributed by atoms with Crippen molar-refractivity contribution in [2.24, 2.45) is 0 Å². The number of para-hydroxylation sites is 2. The van der Waals surface area contributed by atoms with Gasteiger partial charge < -0.3 is 14.8 Å². The zero-order valence-electron chi connectivity index (χ0n) is 18.3. The van der Waals surface area contributed by atoms with Crippen LogP contribution < -0.4 is 19.7 Å². The molecule has 3 aromatic carbocycles. The number of hydrogen-bond acceptors (Lipinski definition) is 5. The van der Waals surface area contributed by atoms with Crippen molar-refractivity contribution in [3.05, 3.63) is 89.1 Å². The first-order valence-electron chi connectivity index (χ1n) is 10.6. The van der Waals surface area contributed by atoms with Crippen LogP contribution in [0.4, 0.5) is 11.4 Å². The smallest absolute Gasteiger partial charge is 0.282 e. The zero-order chi connectivity index (χ0) is 23.4. The number of imide groups is 1. The van der Waals surface area contributed by atoms with Crippen LogP contribution in [0.15, 0.2) is 78.5 Å². The first kappa shape index (κ1) is 22.4. The number of methoxy groups -OCH3 is 1. The fraction of sp³-hybridized carbons (Fsp3) is 0.154. The number of ether oxygens (including phenoxy) is 2. The molecule has 168 valence electrons. The van der Waals surface area contributed by atoms with Crippen LogP contribution in [0.2, 0.25) is 5.02 Å². The van der Waals surface area contributed by atoms with Gasteiger partial charge in [0.25, 0.3) is 11.8 Å². The van der Waals surface area contributed by atoms with E-state index in [-0.39, 0.29) is 11.3 Å². The second kappa shape index (κ2) is 9.79. The molecule has 2 amide bonds. The van der Waals surface area contributed by atoms with Gasteiger partial charge in [-0.3, -0.25) is 9.59 Å². The SMILES string of the molecule is CCCOc1cccc(NC2=C(c3ccccc3OC)C(=O)N(c3ccccc3Cl)C2=O)c1. The molecule has 0 spiro atoms. The Bertz CT molecular complexity index is 1240. The van der Waals surface area contributed by atoms with Crippen molar-refractivity contribution in [1.29, 1.82) is 0 Å². The highest BCUT2D eigenvalue weighted by atomic mass is 35.5. The van der Waals surface area contributed by atoms with E-state index in [0.29, 0.717) is 40.1 Å². The molecule has 1 N–H and O–H groups in total. The summed E-state index contributed by atoms with van der Waals surface area (Å²) in [7, 11) is 1.52. The lowest BCUT2D eigenvalue weighted by Crippen LogP contribution is -2.32. The fourth-order valence-corrected chi connectivity index (χ4v) is 3.85. The number of benzene rings is 3. The third kappa shape index (κ3) is 4.43. The van der Waals surface area contributed by atoms with Crippen molar-refractivity contribution in [2.45, 2.75) is 13.3 Å². The Kier molecular flexibility index (Phi) is 6.66. The van der Waals surface area contributed by atoms with E-state index in [1.165, 1.54) is 7.11 Å². The van der Waals surface area contributed by atoms with E-state index in [2.05, 4.69) is 5.32 Å². The van der Waals surface area contributed by atoms with Gasteiger partial charge in [-0.15, -0.1) is 0 Å². The average molecular weight is 463 g/mol. The van der Waals surface area contributed by atoms with E-state index >= 15 is 0 Å². The Balaban J connectivity index is 1.82. The van der Waals surface area contributed by atoms with Crippen molar-refractivity contribution in [2.75, 3.05) is 23.9 Å². The molecule has 1 aliphatic rings. The lowest BCUT2D eigenvalue weighted by atomic mass is 10.0. The van der Waals surface area contributed by atoms with Crippen molar-refractivity contribution < 1.29 is 19.1 Å². The number of hydrogen-bond donors (Lipinski definition) is 1. The molecule has 4 rings (SSSR count). The van der Waals surface area contributed by atoms with Crippen molar-refractivity contribution in [3.63, 3.8) is 0 Å². The van der Waals surface area contributed by atoms with Crippen LogP contribution in [0.25, 0.3) is 5.57 Å². The fourth-order valence-electron chi connectivity index (χ4n) is 3.63. The number of rotatable bonds is 8. The first-order valence-corrected chi connectivity index (χ1v) is 10.9. The molecular formula is C26H23ClN2O4. The zero-order valence-corrected chi connectivity index (χ0v) is 19.1. The molecule has 1 heterocycles. The molecule has 0 aliphatic carbocycles. The average Bonchev–Trinajstić information content (AvgIpc) is 3.07. The molecule has 3 aromatic rings. The summed E-state index contributed by atoms with van der Waals surface area (Å²) in [5.74, 6) is 0.155. The van der Waals surface area contributed by atoms with Gasteiger partial charge in [0.05, 0.1) is 30.0 Å². The van der Waals surface area contributed by atoms with Gasteiger partial charge in [0, 0.05) is 17.3 Å². The van der Waals surface area contributed by atoms with Gasteiger partial charge in [0.2, 0.25) is 0 Å². The number of carbonyl (C=O) groups is 2. The Morgan fingerprint density at radius 3 is 2.45 bits per heavy atom. The molecule has 0 bridgehead atoms. The number of amides is 2.